The normalized spacial score (nSPS) is 17.4. The highest BCUT2D eigenvalue weighted by Crippen LogP contribution is 2.20. The van der Waals surface area contributed by atoms with E-state index in [9.17, 15) is 9.59 Å². The Hall–Kier alpha value is -3.09. The lowest BCUT2D eigenvalue weighted by Crippen LogP contribution is -2.49. The van der Waals surface area contributed by atoms with Crippen LogP contribution in [0.2, 0.25) is 0 Å². The lowest BCUT2D eigenvalue weighted by molar-refractivity contribution is 0.0907. The van der Waals surface area contributed by atoms with Crippen LogP contribution in [0, 0.1) is 0 Å². The molecule has 0 unspecified atom stereocenters. The fourth-order valence-corrected chi connectivity index (χ4v) is 3.34. The van der Waals surface area contributed by atoms with Crippen LogP contribution in [0.5, 0.6) is 0 Å². The molecule has 1 aliphatic rings. The van der Waals surface area contributed by atoms with Crippen molar-refractivity contribution in [1.82, 2.24) is 14.9 Å². The zero-order valence-corrected chi connectivity index (χ0v) is 14.5. The van der Waals surface area contributed by atoms with Crippen LogP contribution < -0.4 is 15.8 Å². The van der Waals surface area contributed by atoms with Crippen molar-refractivity contribution < 1.29 is 9.21 Å². The van der Waals surface area contributed by atoms with Crippen molar-refractivity contribution >= 4 is 22.7 Å². The summed E-state index contributed by atoms with van der Waals surface area (Å²) in [5.74, 6) is 0.497. The number of rotatable bonds is 3. The molecule has 26 heavy (non-hydrogen) atoms. The molecule has 0 bridgehead atoms. The van der Waals surface area contributed by atoms with E-state index in [4.69, 9.17) is 4.42 Å². The van der Waals surface area contributed by atoms with Gasteiger partial charge in [0.15, 0.2) is 11.6 Å². The molecule has 1 aliphatic heterocycles. The molecule has 1 saturated heterocycles. The van der Waals surface area contributed by atoms with Crippen LogP contribution in [0.15, 0.2) is 51.9 Å². The van der Waals surface area contributed by atoms with Crippen molar-refractivity contribution in [2.75, 3.05) is 18.0 Å². The fourth-order valence-electron chi connectivity index (χ4n) is 3.34. The number of nitrogens with one attached hydrogen (secondary N) is 1. The maximum Gasteiger partial charge on any atom is 0.293 e. The number of amides is 1. The summed E-state index contributed by atoms with van der Waals surface area (Å²) in [6, 6.07) is 9.22. The van der Waals surface area contributed by atoms with Gasteiger partial charge in [0.05, 0.1) is 0 Å². The minimum absolute atomic E-state index is 0.0591. The molecular weight excluding hydrogens is 332 g/mol. The van der Waals surface area contributed by atoms with Crippen LogP contribution in [0.25, 0.3) is 11.0 Å². The molecule has 0 radical (unpaired) electrons. The summed E-state index contributed by atoms with van der Waals surface area (Å²) >= 11 is 0. The maximum atomic E-state index is 12.5. The van der Waals surface area contributed by atoms with Crippen molar-refractivity contribution in [1.29, 1.82) is 0 Å². The first-order valence-electron chi connectivity index (χ1n) is 8.68. The molecular formula is C19H20N4O3. The first kappa shape index (κ1) is 16.4. The Balaban J connectivity index is 1.48. The summed E-state index contributed by atoms with van der Waals surface area (Å²) in [6.45, 7) is 1.31. The molecule has 1 N–H and O–H groups in total. The Bertz CT molecular complexity index is 974. The van der Waals surface area contributed by atoms with Gasteiger partial charge in [-0.3, -0.25) is 9.59 Å². The van der Waals surface area contributed by atoms with E-state index in [1.807, 2.05) is 29.2 Å². The Morgan fingerprint density at radius 3 is 3.04 bits per heavy atom. The number of nitrogens with zero attached hydrogens (tertiary/aromatic N) is 3. The predicted molar refractivity (Wildman–Crippen MR) is 98.4 cm³/mol. The van der Waals surface area contributed by atoms with Gasteiger partial charge in [0.25, 0.3) is 11.5 Å². The van der Waals surface area contributed by atoms with Gasteiger partial charge >= 0.3 is 0 Å². The molecule has 3 aromatic rings. The number of piperidine rings is 1. The molecule has 4 rings (SSSR count). The number of aromatic nitrogens is 2. The second kappa shape index (κ2) is 6.67. The van der Waals surface area contributed by atoms with E-state index in [2.05, 4.69) is 10.3 Å². The highest BCUT2D eigenvalue weighted by Gasteiger charge is 2.25. The number of hydrogen-bond acceptors (Lipinski definition) is 5. The molecule has 1 atom stereocenters. The van der Waals surface area contributed by atoms with Gasteiger partial charge in [-0.05, 0) is 25.0 Å². The average molecular weight is 352 g/mol. The highest BCUT2D eigenvalue weighted by molar-refractivity contribution is 5.96. The monoisotopic (exact) mass is 352 g/mol. The van der Waals surface area contributed by atoms with Crippen LogP contribution in [0.1, 0.15) is 23.4 Å². The lowest BCUT2D eigenvalue weighted by atomic mass is 10.1. The van der Waals surface area contributed by atoms with Crippen molar-refractivity contribution in [2.24, 2.45) is 7.05 Å². The first-order valence-corrected chi connectivity index (χ1v) is 8.68. The van der Waals surface area contributed by atoms with E-state index in [-0.39, 0.29) is 17.5 Å². The standard InChI is InChI=1S/C19H20N4O3/c1-22-10-8-20-17(19(22)25)23-9-4-6-14(12-23)21-18(24)16-11-13-5-2-3-7-15(13)26-16/h2-3,5,7-8,10-11,14H,4,6,9,12H2,1H3,(H,21,24)/t14-/m1/s1. The summed E-state index contributed by atoms with van der Waals surface area (Å²) < 4.78 is 7.14. The van der Waals surface area contributed by atoms with Crippen LogP contribution in [0.3, 0.4) is 0 Å². The third-order valence-electron chi connectivity index (χ3n) is 4.70. The second-order valence-electron chi connectivity index (χ2n) is 6.57. The van der Waals surface area contributed by atoms with E-state index < -0.39 is 0 Å². The molecule has 0 spiro atoms. The molecule has 0 aliphatic carbocycles. The summed E-state index contributed by atoms with van der Waals surface area (Å²) in [5, 5.41) is 3.92. The zero-order chi connectivity index (χ0) is 18.1. The van der Waals surface area contributed by atoms with Crippen molar-refractivity contribution in [3.63, 3.8) is 0 Å². The molecule has 3 heterocycles. The van der Waals surface area contributed by atoms with Crippen LogP contribution in [-0.4, -0.2) is 34.6 Å². The van der Waals surface area contributed by atoms with Gasteiger partial charge in [-0.15, -0.1) is 0 Å². The second-order valence-corrected chi connectivity index (χ2v) is 6.57. The van der Waals surface area contributed by atoms with E-state index >= 15 is 0 Å². The molecule has 0 saturated carbocycles. The summed E-state index contributed by atoms with van der Waals surface area (Å²) in [5.41, 5.74) is 0.566. The van der Waals surface area contributed by atoms with Gasteiger partial charge in [0, 0.05) is 44.0 Å². The number of aryl methyl sites for hydroxylation is 1. The summed E-state index contributed by atoms with van der Waals surface area (Å²) in [6.07, 6.45) is 4.99. The number of anilines is 1. The van der Waals surface area contributed by atoms with Gasteiger partial charge in [-0.1, -0.05) is 18.2 Å². The van der Waals surface area contributed by atoms with Gasteiger partial charge in [0.1, 0.15) is 5.58 Å². The first-order chi connectivity index (χ1) is 12.6. The average Bonchev–Trinajstić information content (AvgIpc) is 3.09. The largest absolute Gasteiger partial charge is 0.451 e. The van der Waals surface area contributed by atoms with E-state index in [0.29, 0.717) is 23.7 Å². The minimum Gasteiger partial charge on any atom is -0.451 e. The lowest BCUT2D eigenvalue weighted by Gasteiger charge is -2.33. The molecule has 134 valence electrons. The van der Waals surface area contributed by atoms with E-state index in [0.717, 1.165) is 24.8 Å². The Morgan fingerprint density at radius 1 is 1.35 bits per heavy atom. The number of carbonyl (C=O) groups excluding carboxylic acids is 1. The minimum atomic E-state index is -0.234. The zero-order valence-electron chi connectivity index (χ0n) is 14.5. The van der Waals surface area contributed by atoms with Gasteiger partial charge in [-0.25, -0.2) is 4.98 Å². The summed E-state index contributed by atoms with van der Waals surface area (Å²) in [4.78, 5) is 31.0. The van der Waals surface area contributed by atoms with Crippen LogP contribution in [0.4, 0.5) is 5.82 Å². The van der Waals surface area contributed by atoms with Gasteiger partial charge in [0.2, 0.25) is 0 Å². The third kappa shape index (κ3) is 3.08. The number of benzene rings is 1. The molecule has 7 heteroatoms. The van der Waals surface area contributed by atoms with E-state index in [1.165, 1.54) is 4.57 Å². The van der Waals surface area contributed by atoms with Gasteiger partial charge in [-0.2, -0.15) is 0 Å². The van der Waals surface area contributed by atoms with E-state index in [1.54, 1.807) is 25.5 Å². The summed E-state index contributed by atoms with van der Waals surface area (Å²) in [7, 11) is 1.71. The van der Waals surface area contributed by atoms with Crippen molar-refractivity contribution in [3.05, 3.63) is 58.8 Å². The van der Waals surface area contributed by atoms with Crippen LogP contribution >= 0.6 is 0 Å². The smallest absolute Gasteiger partial charge is 0.293 e. The SMILES string of the molecule is Cn1ccnc(N2CCC[C@@H](NC(=O)c3cc4ccccc4o3)C2)c1=O. The molecule has 1 aromatic carbocycles. The molecule has 1 amide bonds. The van der Waals surface area contributed by atoms with Crippen molar-refractivity contribution in [2.45, 2.75) is 18.9 Å². The number of para-hydroxylation sites is 1. The van der Waals surface area contributed by atoms with Crippen molar-refractivity contribution in [3.8, 4) is 0 Å². The number of furan rings is 1. The fraction of sp³-hybridized carbons (Fsp3) is 0.316. The Labute approximate surface area is 150 Å². The molecule has 7 nitrogen and oxygen atoms in total. The third-order valence-corrected chi connectivity index (χ3v) is 4.70. The Morgan fingerprint density at radius 2 is 2.19 bits per heavy atom. The Kier molecular flexibility index (Phi) is 4.20. The molecule has 1 fully saturated rings. The van der Waals surface area contributed by atoms with Crippen LogP contribution in [-0.2, 0) is 7.05 Å². The quantitative estimate of drug-likeness (QED) is 0.779. The topological polar surface area (TPSA) is 80.4 Å². The number of fused-ring (bicyclic) bond motifs is 1. The number of hydrogen-bond donors (Lipinski definition) is 1. The predicted octanol–water partition coefficient (Wildman–Crippen LogP) is 1.93. The maximum absolute atomic E-state index is 12.5. The van der Waals surface area contributed by atoms with Gasteiger partial charge < -0.3 is 19.2 Å². The number of carbonyl (C=O) groups is 1. The highest BCUT2D eigenvalue weighted by atomic mass is 16.3. The molecule has 2 aromatic heterocycles.